The fraction of sp³-hybridized carbons (Fsp3) is 0.929. The molecule has 1 fully saturated rings. The van der Waals surface area contributed by atoms with Crippen molar-refractivity contribution in [2.24, 2.45) is 11.7 Å². The molecule has 2 unspecified atom stereocenters. The summed E-state index contributed by atoms with van der Waals surface area (Å²) in [4.78, 5) is 13.9. The van der Waals surface area contributed by atoms with Crippen molar-refractivity contribution in [2.75, 3.05) is 26.2 Å². The first-order valence-electron chi connectivity index (χ1n) is 7.25. The number of carbonyl (C=O) groups excluding carboxylic acids is 1. The molecule has 112 valence electrons. The Balaban J connectivity index is 2.47. The van der Waals surface area contributed by atoms with Gasteiger partial charge >= 0.3 is 6.09 Å². The largest absolute Gasteiger partial charge is 0.444 e. The summed E-state index contributed by atoms with van der Waals surface area (Å²) < 4.78 is 5.43. The van der Waals surface area contributed by atoms with Crippen LogP contribution in [0.4, 0.5) is 4.79 Å². The predicted molar refractivity (Wildman–Crippen MR) is 77.1 cm³/mol. The molecule has 5 heteroatoms. The van der Waals surface area contributed by atoms with Crippen LogP contribution in [-0.4, -0.2) is 48.8 Å². The lowest BCUT2D eigenvalue weighted by Gasteiger charge is -2.36. The van der Waals surface area contributed by atoms with Crippen molar-refractivity contribution in [3.05, 3.63) is 0 Å². The number of ether oxygens (including phenoxy) is 1. The Kier molecular flexibility index (Phi) is 6.07. The van der Waals surface area contributed by atoms with Crippen molar-refractivity contribution >= 4 is 6.09 Å². The molecule has 2 atom stereocenters. The lowest BCUT2D eigenvalue weighted by molar-refractivity contribution is 0.0149. The SMILES string of the molecule is CC(NCCN)C1CCCN(C(=O)OC(C)(C)C)C1. The fourth-order valence-corrected chi connectivity index (χ4v) is 2.39. The van der Waals surface area contributed by atoms with Crippen LogP contribution in [0.3, 0.4) is 0 Å². The first kappa shape index (κ1) is 16.2. The summed E-state index contributed by atoms with van der Waals surface area (Å²) in [5.74, 6) is 0.479. The molecule has 0 radical (unpaired) electrons. The van der Waals surface area contributed by atoms with Gasteiger partial charge in [-0.1, -0.05) is 0 Å². The topological polar surface area (TPSA) is 67.6 Å². The first-order valence-corrected chi connectivity index (χ1v) is 7.25. The van der Waals surface area contributed by atoms with Gasteiger partial charge in [0.15, 0.2) is 0 Å². The number of rotatable bonds is 4. The molecule has 0 spiro atoms. The molecule has 1 aliphatic rings. The smallest absolute Gasteiger partial charge is 0.410 e. The number of piperidine rings is 1. The molecule has 0 aromatic carbocycles. The molecule has 0 aromatic rings. The van der Waals surface area contributed by atoms with E-state index < -0.39 is 5.60 Å². The first-order chi connectivity index (χ1) is 8.83. The van der Waals surface area contributed by atoms with Crippen LogP contribution in [0.25, 0.3) is 0 Å². The van der Waals surface area contributed by atoms with E-state index in [1.807, 2.05) is 25.7 Å². The molecule has 19 heavy (non-hydrogen) atoms. The maximum Gasteiger partial charge on any atom is 0.410 e. The third kappa shape index (κ3) is 5.78. The van der Waals surface area contributed by atoms with Crippen LogP contribution in [0.5, 0.6) is 0 Å². The van der Waals surface area contributed by atoms with Gasteiger partial charge in [0.2, 0.25) is 0 Å². The third-order valence-electron chi connectivity index (χ3n) is 3.43. The lowest BCUT2D eigenvalue weighted by Crippen LogP contribution is -2.48. The van der Waals surface area contributed by atoms with Gasteiger partial charge in [-0.25, -0.2) is 4.79 Å². The lowest BCUT2D eigenvalue weighted by atomic mass is 9.92. The van der Waals surface area contributed by atoms with Crippen LogP contribution in [0, 0.1) is 5.92 Å². The number of nitrogens with zero attached hydrogens (tertiary/aromatic N) is 1. The minimum absolute atomic E-state index is 0.191. The molecule has 5 nitrogen and oxygen atoms in total. The van der Waals surface area contributed by atoms with Crippen molar-refractivity contribution in [1.29, 1.82) is 0 Å². The van der Waals surface area contributed by atoms with Gasteiger partial charge < -0.3 is 20.7 Å². The number of nitrogens with two attached hydrogens (primary N) is 1. The minimum atomic E-state index is -0.423. The summed E-state index contributed by atoms with van der Waals surface area (Å²) >= 11 is 0. The standard InChI is InChI=1S/C14H29N3O2/c1-11(16-8-7-15)12-6-5-9-17(10-12)13(18)19-14(2,3)4/h11-12,16H,5-10,15H2,1-4H3. The Morgan fingerprint density at radius 2 is 2.21 bits per heavy atom. The van der Waals surface area contributed by atoms with E-state index in [1.165, 1.54) is 0 Å². The molecular formula is C14H29N3O2. The average molecular weight is 271 g/mol. The average Bonchev–Trinajstić information content (AvgIpc) is 2.34. The number of amides is 1. The highest BCUT2D eigenvalue weighted by atomic mass is 16.6. The van der Waals surface area contributed by atoms with Gasteiger partial charge in [-0.05, 0) is 46.5 Å². The summed E-state index contributed by atoms with van der Waals surface area (Å²) in [6.07, 6.45) is 2.00. The van der Waals surface area contributed by atoms with E-state index in [9.17, 15) is 4.79 Å². The Morgan fingerprint density at radius 1 is 1.53 bits per heavy atom. The highest BCUT2D eigenvalue weighted by molar-refractivity contribution is 5.68. The number of carbonyl (C=O) groups is 1. The summed E-state index contributed by atoms with van der Waals surface area (Å²) in [6.45, 7) is 10.9. The quantitative estimate of drug-likeness (QED) is 0.814. The van der Waals surface area contributed by atoms with Crippen LogP contribution in [0.1, 0.15) is 40.5 Å². The second-order valence-corrected chi connectivity index (χ2v) is 6.36. The maximum atomic E-state index is 12.1. The van der Waals surface area contributed by atoms with Crippen LogP contribution < -0.4 is 11.1 Å². The second-order valence-electron chi connectivity index (χ2n) is 6.36. The molecular weight excluding hydrogens is 242 g/mol. The van der Waals surface area contributed by atoms with E-state index in [2.05, 4.69) is 12.2 Å². The van der Waals surface area contributed by atoms with Crippen molar-refractivity contribution in [3.8, 4) is 0 Å². The van der Waals surface area contributed by atoms with Crippen LogP contribution >= 0.6 is 0 Å². The normalized spacial score (nSPS) is 22.2. The van der Waals surface area contributed by atoms with Gasteiger partial charge in [0.05, 0.1) is 0 Å². The molecule has 1 saturated heterocycles. The molecule has 3 N–H and O–H groups in total. The van der Waals surface area contributed by atoms with Crippen LogP contribution in [-0.2, 0) is 4.74 Å². The molecule has 1 aliphatic heterocycles. The minimum Gasteiger partial charge on any atom is -0.444 e. The van der Waals surface area contributed by atoms with Crippen molar-refractivity contribution in [2.45, 2.75) is 52.2 Å². The molecule has 0 aliphatic carbocycles. The zero-order valence-electron chi connectivity index (χ0n) is 12.7. The predicted octanol–water partition coefficient (Wildman–Crippen LogP) is 1.57. The molecule has 0 saturated carbocycles. The van der Waals surface area contributed by atoms with Crippen molar-refractivity contribution in [3.63, 3.8) is 0 Å². The van der Waals surface area contributed by atoms with E-state index in [0.29, 0.717) is 18.5 Å². The van der Waals surface area contributed by atoms with E-state index in [0.717, 1.165) is 32.5 Å². The maximum absolute atomic E-state index is 12.1. The fourth-order valence-electron chi connectivity index (χ4n) is 2.39. The second kappa shape index (κ2) is 7.10. The van der Waals surface area contributed by atoms with Gasteiger partial charge in [-0.15, -0.1) is 0 Å². The Labute approximate surface area is 116 Å². The van der Waals surface area contributed by atoms with E-state index >= 15 is 0 Å². The number of likely N-dealkylation sites (tertiary alicyclic amines) is 1. The summed E-state index contributed by atoms with van der Waals surface area (Å²) in [5, 5.41) is 3.41. The third-order valence-corrected chi connectivity index (χ3v) is 3.43. The number of nitrogens with one attached hydrogen (secondary N) is 1. The number of hydrogen-bond donors (Lipinski definition) is 2. The molecule has 0 bridgehead atoms. The summed E-state index contributed by atoms with van der Waals surface area (Å²) in [7, 11) is 0. The Morgan fingerprint density at radius 3 is 2.79 bits per heavy atom. The highest BCUT2D eigenvalue weighted by Crippen LogP contribution is 2.21. The number of hydrogen-bond acceptors (Lipinski definition) is 4. The summed E-state index contributed by atoms with van der Waals surface area (Å²) in [6, 6.07) is 0.383. The highest BCUT2D eigenvalue weighted by Gasteiger charge is 2.29. The van der Waals surface area contributed by atoms with Gasteiger partial charge in [0, 0.05) is 32.2 Å². The molecule has 1 heterocycles. The Bertz CT molecular complexity index is 289. The zero-order valence-corrected chi connectivity index (χ0v) is 12.7. The van der Waals surface area contributed by atoms with Gasteiger partial charge in [-0.3, -0.25) is 0 Å². The monoisotopic (exact) mass is 271 g/mol. The van der Waals surface area contributed by atoms with Crippen molar-refractivity contribution < 1.29 is 9.53 Å². The van der Waals surface area contributed by atoms with Crippen molar-refractivity contribution in [1.82, 2.24) is 10.2 Å². The zero-order chi connectivity index (χ0) is 14.5. The Hall–Kier alpha value is -0.810. The van der Waals surface area contributed by atoms with E-state index in [1.54, 1.807) is 0 Å². The van der Waals surface area contributed by atoms with Gasteiger partial charge in [-0.2, -0.15) is 0 Å². The van der Waals surface area contributed by atoms with Gasteiger partial charge in [0.25, 0.3) is 0 Å². The van der Waals surface area contributed by atoms with Gasteiger partial charge in [0.1, 0.15) is 5.60 Å². The molecule has 1 rings (SSSR count). The van der Waals surface area contributed by atoms with Crippen LogP contribution in [0.15, 0.2) is 0 Å². The van der Waals surface area contributed by atoms with E-state index in [4.69, 9.17) is 10.5 Å². The molecule has 0 aromatic heterocycles. The van der Waals surface area contributed by atoms with Crippen LogP contribution in [0.2, 0.25) is 0 Å². The summed E-state index contributed by atoms with van der Waals surface area (Å²) in [5.41, 5.74) is 5.08. The molecule has 1 amide bonds. The van der Waals surface area contributed by atoms with E-state index in [-0.39, 0.29) is 6.09 Å².